The summed E-state index contributed by atoms with van der Waals surface area (Å²) < 4.78 is 35.5. The summed E-state index contributed by atoms with van der Waals surface area (Å²) in [4.78, 5) is 0. The number of halogens is 2. The molecule has 0 radical (unpaired) electrons. The maximum atomic E-state index is 13.0. The molecule has 0 aliphatic heterocycles. The number of allylic oxidation sites excluding steroid dienone is 1. The van der Waals surface area contributed by atoms with Gasteiger partial charge >= 0.3 is 0 Å². The van der Waals surface area contributed by atoms with Crippen molar-refractivity contribution in [3.63, 3.8) is 0 Å². The molecule has 0 N–H and O–H groups in total. The smallest absolute Gasteiger partial charge is 0.293 e. The van der Waals surface area contributed by atoms with Gasteiger partial charge < -0.3 is 9.47 Å². The lowest BCUT2D eigenvalue weighted by molar-refractivity contribution is -0.130. The maximum absolute atomic E-state index is 13.0. The predicted molar refractivity (Wildman–Crippen MR) is 83.5 cm³/mol. The number of ether oxygens (including phenoxy) is 2. The fourth-order valence-electron chi connectivity index (χ4n) is 0.705. The predicted octanol–water partition coefficient (Wildman–Crippen LogP) is 5.25. The first-order chi connectivity index (χ1) is 9.07. The topological polar surface area (TPSA) is 18.5 Å². The van der Waals surface area contributed by atoms with E-state index < -0.39 is 19.1 Å². The highest BCUT2D eigenvalue weighted by Crippen LogP contribution is 2.15. The zero-order chi connectivity index (χ0) is 16.8. The molecule has 0 aliphatic carbocycles. The molecule has 0 unspecified atom stereocenters. The van der Waals surface area contributed by atoms with Gasteiger partial charge in [-0.2, -0.15) is 0 Å². The lowest BCUT2D eigenvalue weighted by Crippen LogP contribution is -2.31. The van der Waals surface area contributed by atoms with Crippen LogP contribution in [-0.4, -0.2) is 31.8 Å². The number of hydrogen-bond acceptors (Lipinski definition) is 2. The Morgan fingerprint density at radius 3 is 1.75 bits per heavy atom. The van der Waals surface area contributed by atoms with Gasteiger partial charge in [0, 0.05) is 0 Å². The quantitative estimate of drug-likeness (QED) is 0.597. The first-order valence-electron chi connectivity index (χ1n) is 6.90. The summed E-state index contributed by atoms with van der Waals surface area (Å²) in [6.07, 6.45) is -0.193. The van der Waals surface area contributed by atoms with E-state index >= 15 is 0 Å². The third-order valence-electron chi connectivity index (χ3n) is 1.29. The van der Waals surface area contributed by atoms with Crippen LogP contribution in [0.3, 0.4) is 0 Å². The Labute approximate surface area is 123 Å². The van der Waals surface area contributed by atoms with Crippen molar-refractivity contribution >= 4 is 0 Å². The molecule has 122 valence electrons. The number of alkyl halides is 2. The monoisotopic (exact) mass is 294 g/mol. The molecule has 0 aromatic carbocycles. The van der Waals surface area contributed by atoms with Gasteiger partial charge in [0.25, 0.3) is 5.92 Å². The molecule has 0 aromatic rings. The lowest BCUT2D eigenvalue weighted by atomic mass is 10.3. The molecule has 0 atom stereocenters. The molecule has 0 amide bonds. The molecule has 0 aromatic heterocycles. The van der Waals surface area contributed by atoms with E-state index in [1.807, 2.05) is 27.7 Å². The Hall–Kier alpha value is -0.740. The zero-order valence-corrected chi connectivity index (χ0v) is 14.2. The highest BCUT2D eigenvalue weighted by atomic mass is 19.3. The summed E-state index contributed by atoms with van der Waals surface area (Å²) in [5.74, 6) is -2.92. The molecule has 4 heteroatoms. The van der Waals surface area contributed by atoms with Gasteiger partial charge in [-0.1, -0.05) is 31.6 Å². The number of rotatable bonds is 7. The van der Waals surface area contributed by atoms with E-state index in [-0.39, 0.29) is 12.7 Å². The van der Waals surface area contributed by atoms with Crippen molar-refractivity contribution in [3.8, 4) is 0 Å². The summed E-state index contributed by atoms with van der Waals surface area (Å²) >= 11 is 0. The molecule has 0 aliphatic rings. The first-order valence-corrected chi connectivity index (χ1v) is 6.90. The van der Waals surface area contributed by atoms with Crippen molar-refractivity contribution in [1.82, 2.24) is 0 Å². The van der Waals surface area contributed by atoms with Gasteiger partial charge in [0.2, 0.25) is 0 Å². The van der Waals surface area contributed by atoms with Crippen molar-refractivity contribution in [3.05, 3.63) is 24.3 Å². The Kier molecular flexibility index (Phi) is 17.8. The number of hydrogen-bond donors (Lipinski definition) is 0. The van der Waals surface area contributed by atoms with Gasteiger partial charge in [-0.25, -0.2) is 8.78 Å². The third-order valence-corrected chi connectivity index (χ3v) is 1.29. The van der Waals surface area contributed by atoms with Crippen LogP contribution in [0.2, 0.25) is 0 Å². The lowest BCUT2D eigenvalue weighted by Gasteiger charge is -2.18. The van der Waals surface area contributed by atoms with Crippen LogP contribution in [0, 0.1) is 0 Å². The Bertz CT molecular complexity index is 245. The minimum atomic E-state index is -2.92. The average molecular weight is 294 g/mol. The Morgan fingerprint density at radius 2 is 1.45 bits per heavy atom. The van der Waals surface area contributed by atoms with E-state index in [1.165, 1.54) is 5.57 Å². The van der Waals surface area contributed by atoms with Gasteiger partial charge in [-0.05, 0) is 34.6 Å². The summed E-state index contributed by atoms with van der Waals surface area (Å²) in [6, 6.07) is 0. The third kappa shape index (κ3) is 30.4. The van der Waals surface area contributed by atoms with Crippen molar-refractivity contribution in [1.29, 1.82) is 0 Å². The van der Waals surface area contributed by atoms with Crippen LogP contribution in [0.25, 0.3) is 0 Å². The summed E-state index contributed by atoms with van der Waals surface area (Å²) in [5, 5.41) is 0. The van der Waals surface area contributed by atoms with Crippen molar-refractivity contribution in [2.24, 2.45) is 0 Å². The molecule has 0 bridgehead atoms. The van der Waals surface area contributed by atoms with E-state index in [0.29, 0.717) is 0 Å². The van der Waals surface area contributed by atoms with Gasteiger partial charge in [0.05, 0.1) is 12.7 Å². The van der Waals surface area contributed by atoms with E-state index in [9.17, 15) is 8.78 Å². The van der Waals surface area contributed by atoms with Crippen LogP contribution in [0.15, 0.2) is 24.3 Å². The second-order valence-corrected chi connectivity index (χ2v) is 4.87. The Morgan fingerprint density at radius 1 is 1.05 bits per heavy atom. The molecule has 0 saturated heterocycles. The van der Waals surface area contributed by atoms with Crippen molar-refractivity contribution in [2.75, 3.05) is 19.8 Å². The van der Waals surface area contributed by atoms with Crippen LogP contribution < -0.4 is 0 Å². The molecule has 0 saturated carbocycles. The molecule has 2 nitrogen and oxygen atoms in total. The molecule has 0 spiro atoms. The fraction of sp³-hybridized carbons (Fsp3) is 0.750. The van der Waals surface area contributed by atoms with Crippen LogP contribution in [0.4, 0.5) is 8.78 Å². The summed E-state index contributed by atoms with van der Waals surface area (Å²) in [5.41, 5.74) is 1.89. The van der Waals surface area contributed by atoms with E-state index in [1.54, 1.807) is 20.8 Å². The van der Waals surface area contributed by atoms with Crippen molar-refractivity contribution in [2.45, 2.75) is 60.5 Å². The Balaban J connectivity index is -0.000000410. The summed E-state index contributed by atoms with van der Waals surface area (Å²) in [6.45, 7) is 19.1. The molecule has 0 heterocycles. The maximum Gasteiger partial charge on any atom is 0.293 e. The second-order valence-electron chi connectivity index (χ2n) is 4.87. The van der Waals surface area contributed by atoms with Crippen LogP contribution >= 0.6 is 0 Å². The molecular formula is C16H32F2O2. The standard InChI is InChI=1S/C10H18F2O2.C4H8.C2H6/c1-8(2)5-13-6-10(11,12)7-14-9(3)4;1-4(2)3;1-2/h9H,1,5-7H2,2-4H3;1H2,2-3H3;1-2H3. The van der Waals surface area contributed by atoms with E-state index in [2.05, 4.69) is 13.2 Å². The molecule has 0 rings (SSSR count). The van der Waals surface area contributed by atoms with Crippen molar-refractivity contribution < 1.29 is 18.3 Å². The minimum absolute atomic E-state index is 0.164. The van der Waals surface area contributed by atoms with Gasteiger partial charge in [0.15, 0.2) is 0 Å². The highest BCUT2D eigenvalue weighted by molar-refractivity contribution is 4.87. The largest absolute Gasteiger partial charge is 0.372 e. The molecule has 20 heavy (non-hydrogen) atoms. The second kappa shape index (κ2) is 14.7. The van der Waals surface area contributed by atoms with Gasteiger partial charge in [0.1, 0.15) is 13.2 Å². The van der Waals surface area contributed by atoms with Gasteiger partial charge in [-0.3, -0.25) is 0 Å². The minimum Gasteiger partial charge on any atom is -0.372 e. The van der Waals surface area contributed by atoms with Crippen LogP contribution in [0.5, 0.6) is 0 Å². The van der Waals surface area contributed by atoms with Crippen LogP contribution in [0.1, 0.15) is 48.5 Å². The van der Waals surface area contributed by atoms with E-state index in [4.69, 9.17) is 9.47 Å². The first kappa shape index (κ1) is 24.3. The van der Waals surface area contributed by atoms with Gasteiger partial charge in [-0.15, -0.1) is 6.58 Å². The van der Waals surface area contributed by atoms with E-state index in [0.717, 1.165) is 5.57 Å². The highest BCUT2D eigenvalue weighted by Gasteiger charge is 2.30. The van der Waals surface area contributed by atoms with Crippen LogP contribution in [-0.2, 0) is 9.47 Å². The zero-order valence-electron chi connectivity index (χ0n) is 14.2. The average Bonchev–Trinajstić information content (AvgIpc) is 2.28. The normalized spacial score (nSPS) is 10.1. The molecule has 0 fully saturated rings. The SMILES string of the molecule is C=C(C)C.C=C(C)COCC(F)(F)COC(C)C.CC. The fourth-order valence-corrected chi connectivity index (χ4v) is 0.705. The molecular weight excluding hydrogens is 262 g/mol. The summed E-state index contributed by atoms with van der Waals surface area (Å²) in [7, 11) is 0.